The highest BCUT2D eigenvalue weighted by Crippen LogP contribution is 2.48. The van der Waals surface area contributed by atoms with E-state index in [1.807, 2.05) is 4.90 Å². The van der Waals surface area contributed by atoms with Crippen molar-refractivity contribution < 1.29 is 23.1 Å². The summed E-state index contributed by atoms with van der Waals surface area (Å²) in [5.41, 5.74) is 5.89. The summed E-state index contributed by atoms with van der Waals surface area (Å²) in [7, 11) is 0. The molecule has 0 bridgehead atoms. The van der Waals surface area contributed by atoms with E-state index in [0.717, 1.165) is 64.2 Å². The Hall–Kier alpha value is -2.92. The molecule has 200 valence electrons. The second-order valence-electron chi connectivity index (χ2n) is 10.8. The van der Waals surface area contributed by atoms with Crippen molar-refractivity contribution in [3.05, 3.63) is 35.9 Å². The number of benzene rings is 1. The zero-order valence-electron chi connectivity index (χ0n) is 20.7. The summed E-state index contributed by atoms with van der Waals surface area (Å²) in [6.07, 6.45) is 1.63. The fraction of sp³-hybridized carbons (Fsp3) is 0.577. The van der Waals surface area contributed by atoms with E-state index in [9.17, 15) is 23.1 Å². The molecule has 1 saturated carbocycles. The Bertz CT molecular complexity index is 1110. The number of amides is 1. The highest BCUT2D eigenvalue weighted by atomic mass is 19.4. The molecule has 1 amide bonds. The molecule has 1 spiro atoms. The molecule has 3 heterocycles. The minimum absolute atomic E-state index is 0.0993. The molecule has 5 rings (SSSR count). The second kappa shape index (κ2) is 10.1. The molecule has 3 aliphatic rings. The van der Waals surface area contributed by atoms with Crippen LogP contribution in [0.15, 0.2) is 30.3 Å². The standard InChI is InChI=1S/C26H33F3N6O2/c27-26(28,29)17-3-4-20(22(36)12-17)21-5-6-23(33-32-21)31-19-2-1-9-34(15-19)16-24(37)35-10-7-25(8-11-35)13-18(30)14-25/h3-6,12,18-19,36H,1-2,7-11,13-16,30H2,(H,31,33)/t19-/m1/s1. The summed E-state index contributed by atoms with van der Waals surface area (Å²) in [6.45, 7) is 3.62. The Balaban J connectivity index is 1.13. The highest BCUT2D eigenvalue weighted by molar-refractivity contribution is 5.78. The monoisotopic (exact) mass is 518 g/mol. The third kappa shape index (κ3) is 5.82. The van der Waals surface area contributed by atoms with Crippen LogP contribution in [-0.2, 0) is 11.0 Å². The maximum absolute atomic E-state index is 12.9. The van der Waals surface area contributed by atoms with Gasteiger partial charge in [-0.05, 0) is 80.8 Å². The Morgan fingerprint density at radius 2 is 1.89 bits per heavy atom. The Labute approximate surface area is 214 Å². The van der Waals surface area contributed by atoms with Gasteiger partial charge < -0.3 is 21.1 Å². The lowest BCUT2D eigenvalue weighted by molar-refractivity contribution is -0.138. The fourth-order valence-electron chi connectivity index (χ4n) is 5.99. The average molecular weight is 519 g/mol. The van der Waals surface area contributed by atoms with E-state index in [0.29, 0.717) is 36.4 Å². The van der Waals surface area contributed by atoms with Gasteiger partial charge in [0.1, 0.15) is 11.6 Å². The van der Waals surface area contributed by atoms with Crippen LogP contribution in [0.4, 0.5) is 19.0 Å². The lowest BCUT2D eigenvalue weighted by Crippen LogP contribution is -2.54. The highest BCUT2D eigenvalue weighted by Gasteiger charge is 2.44. The SMILES string of the molecule is NC1CC2(CCN(C(=O)CN3CCC[C@@H](Nc4ccc(-c5ccc(C(F)(F)F)cc5O)nn4)C3)CC2)C1. The molecule has 2 saturated heterocycles. The van der Waals surface area contributed by atoms with E-state index in [2.05, 4.69) is 20.4 Å². The van der Waals surface area contributed by atoms with Gasteiger partial charge in [0.05, 0.1) is 17.8 Å². The summed E-state index contributed by atoms with van der Waals surface area (Å²) in [6, 6.07) is 6.52. The van der Waals surface area contributed by atoms with Gasteiger partial charge in [-0.25, -0.2) is 0 Å². The van der Waals surface area contributed by atoms with Crippen LogP contribution < -0.4 is 11.1 Å². The maximum atomic E-state index is 12.9. The van der Waals surface area contributed by atoms with Crippen molar-refractivity contribution in [1.82, 2.24) is 20.0 Å². The van der Waals surface area contributed by atoms with Gasteiger partial charge in [-0.3, -0.25) is 9.69 Å². The Kier molecular flexibility index (Phi) is 7.01. The van der Waals surface area contributed by atoms with Gasteiger partial charge in [0.15, 0.2) is 0 Å². The number of aromatic nitrogens is 2. The van der Waals surface area contributed by atoms with Gasteiger partial charge >= 0.3 is 6.18 Å². The maximum Gasteiger partial charge on any atom is 0.416 e. The van der Waals surface area contributed by atoms with Crippen LogP contribution in [0.25, 0.3) is 11.3 Å². The molecule has 1 aromatic carbocycles. The molecule has 2 aromatic rings. The van der Waals surface area contributed by atoms with E-state index in [1.165, 1.54) is 6.07 Å². The number of anilines is 1. The predicted octanol–water partition coefficient (Wildman–Crippen LogP) is 3.47. The summed E-state index contributed by atoms with van der Waals surface area (Å²) in [5, 5.41) is 21.7. The van der Waals surface area contributed by atoms with Crippen molar-refractivity contribution in [3.63, 3.8) is 0 Å². The van der Waals surface area contributed by atoms with Crippen molar-refractivity contribution in [2.24, 2.45) is 11.1 Å². The Morgan fingerprint density at radius 3 is 2.51 bits per heavy atom. The minimum Gasteiger partial charge on any atom is -0.507 e. The van der Waals surface area contributed by atoms with Crippen molar-refractivity contribution in [2.75, 3.05) is 38.0 Å². The van der Waals surface area contributed by atoms with E-state index < -0.39 is 17.5 Å². The zero-order valence-corrected chi connectivity index (χ0v) is 20.7. The molecular formula is C26H33F3N6O2. The van der Waals surface area contributed by atoms with Crippen molar-refractivity contribution in [3.8, 4) is 17.0 Å². The second-order valence-corrected chi connectivity index (χ2v) is 10.8. The quantitative estimate of drug-likeness (QED) is 0.556. The van der Waals surface area contributed by atoms with Crippen LogP contribution in [0, 0.1) is 5.41 Å². The Morgan fingerprint density at radius 1 is 1.14 bits per heavy atom. The number of nitrogens with one attached hydrogen (secondary N) is 1. The number of alkyl halides is 3. The minimum atomic E-state index is -4.53. The van der Waals surface area contributed by atoms with Crippen LogP contribution in [-0.4, -0.2) is 75.8 Å². The molecular weight excluding hydrogens is 485 g/mol. The summed E-state index contributed by atoms with van der Waals surface area (Å²) in [5.74, 6) is 0.213. The molecule has 1 atom stereocenters. The van der Waals surface area contributed by atoms with Crippen molar-refractivity contribution >= 4 is 11.7 Å². The van der Waals surface area contributed by atoms with Gasteiger partial charge in [-0.2, -0.15) is 13.2 Å². The largest absolute Gasteiger partial charge is 0.507 e. The lowest BCUT2D eigenvalue weighted by atomic mass is 9.61. The van der Waals surface area contributed by atoms with Crippen molar-refractivity contribution in [2.45, 2.75) is 56.8 Å². The first kappa shape index (κ1) is 25.7. The van der Waals surface area contributed by atoms with Crippen LogP contribution >= 0.6 is 0 Å². The first-order valence-corrected chi connectivity index (χ1v) is 12.9. The van der Waals surface area contributed by atoms with E-state index in [1.54, 1.807) is 12.1 Å². The molecule has 1 aliphatic carbocycles. The molecule has 2 aliphatic heterocycles. The number of hydrogen-bond donors (Lipinski definition) is 3. The number of piperidine rings is 2. The van der Waals surface area contributed by atoms with Crippen LogP contribution in [0.1, 0.15) is 44.1 Å². The predicted molar refractivity (Wildman–Crippen MR) is 133 cm³/mol. The number of aromatic hydroxyl groups is 1. The number of phenolic OH excluding ortho intramolecular Hbond substituents is 1. The molecule has 3 fully saturated rings. The number of rotatable bonds is 5. The number of halogens is 3. The third-order valence-corrected chi connectivity index (χ3v) is 8.05. The normalized spacial score (nSPS) is 22.6. The van der Waals surface area contributed by atoms with E-state index in [4.69, 9.17) is 5.73 Å². The number of nitrogens with zero attached hydrogens (tertiary/aromatic N) is 4. The molecule has 0 unspecified atom stereocenters. The van der Waals surface area contributed by atoms with Gasteiger partial charge in [0.25, 0.3) is 0 Å². The molecule has 8 nitrogen and oxygen atoms in total. The number of phenols is 1. The number of likely N-dealkylation sites (tertiary alicyclic amines) is 2. The van der Waals surface area contributed by atoms with Gasteiger partial charge in [0.2, 0.25) is 5.91 Å². The average Bonchev–Trinajstić information content (AvgIpc) is 2.84. The smallest absolute Gasteiger partial charge is 0.416 e. The fourth-order valence-corrected chi connectivity index (χ4v) is 5.99. The van der Waals surface area contributed by atoms with Crippen LogP contribution in [0.5, 0.6) is 5.75 Å². The lowest BCUT2D eigenvalue weighted by Gasteiger charge is -2.51. The molecule has 4 N–H and O–H groups in total. The van der Waals surface area contributed by atoms with Gasteiger partial charge in [0, 0.05) is 37.3 Å². The molecule has 11 heteroatoms. The number of hydrogen-bond acceptors (Lipinski definition) is 7. The zero-order chi connectivity index (χ0) is 26.2. The third-order valence-electron chi connectivity index (χ3n) is 8.05. The van der Waals surface area contributed by atoms with Gasteiger partial charge in [-0.1, -0.05) is 0 Å². The summed E-state index contributed by atoms with van der Waals surface area (Å²) in [4.78, 5) is 17.1. The van der Waals surface area contributed by atoms with E-state index >= 15 is 0 Å². The van der Waals surface area contributed by atoms with E-state index in [-0.39, 0.29) is 23.2 Å². The molecule has 1 aromatic heterocycles. The number of nitrogens with two attached hydrogens (primary N) is 1. The first-order chi connectivity index (χ1) is 17.6. The number of carbonyl (C=O) groups is 1. The molecule has 37 heavy (non-hydrogen) atoms. The van der Waals surface area contributed by atoms with Crippen molar-refractivity contribution in [1.29, 1.82) is 0 Å². The van der Waals surface area contributed by atoms with Gasteiger partial charge in [-0.15, -0.1) is 10.2 Å². The van der Waals surface area contributed by atoms with Crippen LogP contribution in [0.3, 0.4) is 0 Å². The van der Waals surface area contributed by atoms with Crippen LogP contribution in [0.2, 0.25) is 0 Å². The summed E-state index contributed by atoms with van der Waals surface area (Å²) >= 11 is 0. The number of carbonyl (C=O) groups excluding carboxylic acids is 1. The summed E-state index contributed by atoms with van der Waals surface area (Å²) < 4.78 is 38.5. The molecule has 0 radical (unpaired) electrons. The topological polar surface area (TPSA) is 108 Å². The first-order valence-electron chi connectivity index (χ1n) is 12.9.